The molecule has 2 aliphatic carbocycles. The number of rotatable bonds is 5. The molecule has 1 atom stereocenters. The van der Waals surface area contributed by atoms with Gasteiger partial charge in [0.15, 0.2) is 0 Å². The highest BCUT2D eigenvalue weighted by molar-refractivity contribution is 7.90. The van der Waals surface area contributed by atoms with Gasteiger partial charge in [0.2, 0.25) is 5.91 Å². The maximum Gasteiger partial charge on any atom is 0.266 e. The Morgan fingerprint density at radius 1 is 1.10 bits per heavy atom. The Balaban J connectivity index is 1.45. The van der Waals surface area contributed by atoms with E-state index >= 15 is 0 Å². The number of carbonyl (C=O) groups is 1. The molecule has 1 aliphatic heterocycles. The average Bonchev–Trinajstić information content (AvgIpc) is 3.18. The number of anilines is 1. The first-order valence-electron chi connectivity index (χ1n) is 11.1. The molecule has 5 rings (SSSR count). The van der Waals surface area contributed by atoms with Crippen LogP contribution in [0.5, 0.6) is 5.75 Å². The van der Waals surface area contributed by atoms with E-state index in [0.717, 1.165) is 36.9 Å². The number of carbonyl (C=O) groups excluding carboxylic acids is 1. The van der Waals surface area contributed by atoms with E-state index in [1.165, 1.54) is 30.4 Å². The Bertz CT molecular complexity index is 1140. The van der Waals surface area contributed by atoms with Crippen LogP contribution in [-0.2, 0) is 27.7 Å². The summed E-state index contributed by atoms with van der Waals surface area (Å²) in [6.45, 7) is 0.727. The predicted octanol–water partition coefficient (Wildman–Crippen LogP) is 3.86. The summed E-state index contributed by atoms with van der Waals surface area (Å²) in [5, 5.41) is 3.20. The van der Waals surface area contributed by atoms with Crippen molar-refractivity contribution in [2.24, 2.45) is 0 Å². The predicted molar refractivity (Wildman–Crippen MR) is 119 cm³/mol. The van der Waals surface area contributed by atoms with Crippen LogP contribution >= 0.6 is 0 Å². The van der Waals surface area contributed by atoms with Gasteiger partial charge in [-0.15, -0.1) is 0 Å². The monoisotopic (exact) mass is 440 g/mol. The van der Waals surface area contributed by atoms with Gasteiger partial charge in [-0.25, -0.2) is 13.1 Å². The number of para-hydroxylation sites is 1. The minimum atomic E-state index is -3.98. The van der Waals surface area contributed by atoms with Gasteiger partial charge in [-0.05, 0) is 73.3 Å². The molecular formula is C24H28N2O4S. The van der Waals surface area contributed by atoms with Gasteiger partial charge in [0.1, 0.15) is 10.6 Å². The van der Waals surface area contributed by atoms with E-state index in [1.807, 2.05) is 12.1 Å². The minimum Gasteiger partial charge on any atom is -0.496 e. The van der Waals surface area contributed by atoms with Gasteiger partial charge in [-0.3, -0.25) is 4.79 Å². The van der Waals surface area contributed by atoms with Crippen LogP contribution in [0.25, 0.3) is 0 Å². The van der Waals surface area contributed by atoms with Crippen molar-refractivity contribution >= 4 is 21.6 Å². The molecule has 0 aromatic heterocycles. The fraction of sp³-hybridized carbons (Fsp3) is 0.458. The molecule has 164 valence electrons. The van der Waals surface area contributed by atoms with Crippen LogP contribution in [0.1, 0.15) is 66.2 Å². The summed E-state index contributed by atoms with van der Waals surface area (Å²) in [5.41, 5.74) is 4.94. The molecule has 31 heavy (non-hydrogen) atoms. The van der Waals surface area contributed by atoms with E-state index in [2.05, 4.69) is 16.1 Å². The van der Waals surface area contributed by atoms with Gasteiger partial charge in [-0.2, -0.15) is 0 Å². The number of methoxy groups -OCH3 is 1. The molecule has 1 unspecified atom stereocenters. The number of ether oxygens (including phenoxy) is 1. The van der Waals surface area contributed by atoms with Gasteiger partial charge >= 0.3 is 0 Å². The van der Waals surface area contributed by atoms with Crippen molar-refractivity contribution in [2.45, 2.75) is 61.7 Å². The van der Waals surface area contributed by atoms with Gasteiger partial charge in [0.25, 0.3) is 10.0 Å². The maximum atomic E-state index is 13.2. The van der Waals surface area contributed by atoms with Crippen LogP contribution in [0.15, 0.2) is 35.2 Å². The molecule has 3 aliphatic rings. The zero-order valence-corrected chi connectivity index (χ0v) is 18.6. The van der Waals surface area contributed by atoms with Crippen LogP contribution in [0.3, 0.4) is 0 Å². The number of sulfonamides is 1. The minimum absolute atomic E-state index is 0.145. The summed E-state index contributed by atoms with van der Waals surface area (Å²) in [5.74, 6) is 0.225. The third-order valence-electron chi connectivity index (χ3n) is 7.03. The van der Waals surface area contributed by atoms with Crippen LogP contribution < -0.4 is 14.8 Å². The quantitative estimate of drug-likeness (QED) is 0.738. The summed E-state index contributed by atoms with van der Waals surface area (Å²) in [7, 11) is -2.38. The second-order valence-electron chi connectivity index (χ2n) is 8.76. The van der Waals surface area contributed by atoms with Crippen LogP contribution in [0.4, 0.5) is 5.69 Å². The van der Waals surface area contributed by atoms with E-state index in [0.29, 0.717) is 23.8 Å². The van der Waals surface area contributed by atoms with Gasteiger partial charge < -0.3 is 10.1 Å². The zero-order valence-electron chi connectivity index (χ0n) is 17.7. The Hall–Kier alpha value is -2.54. The molecule has 2 aromatic carbocycles. The summed E-state index contributed by atoms with van der Waals surface area (Å²) in [4.78, 5) is 13.4. The highest BCUT2D eigenvalue weighted by Gasteiger charge is 2.37. The number of nitrogens with one attached hydrogen (secondary N) is 2. The number of hydrogen-bond acceptors (Lipinski definition) is 5. The van der Waals surface area contributed by atoms with E-state index < -0.39 is 21.8 Å². The normalized spacial score (nSPS) is 20.2. The average molecular weight is 441 g/mol. The molecule has 0 saturated heterocycles. The molecule has 6 nitrogen and oxygen atoms in total. The van der Waals surface area contributed by atoms with Crippen molar-refractivity contribution in [2.75, 3.05) is 19.0 Å². The summed E-state index contributed by atoms with van der Waals surface area (Å²) >= 11 is 0. The molecule has 1 saturated carbocycles. The second kappa shape index (κ2) is 7.86. The molecule has 0 spiro atoms. The lowest BCUT2D eigenvalue weighted by atomic mass is 9.77. The lowest BCUT2D eigenvalue weighted by Crippen LogP contribution is -2.35. The number of fused-ring (bicyclic) bond motifs is 2. The SMILES string of the molecule is COc1ccc(C2CCC2)c2c1C(C(=O)NS(=O)(=O)c1cccc3c1NCCC3)CC2. The fourth-order valence-electron chi connectivity index (χ4n) is 5.26. The molecule has 2 N–H and O–H groups in total. The molecule has 0 bridgehead atoms. The number of aryl methyl sites for hydroxylation is 1. The Morgan fingerprint density at radius 3 is 2.68 bits per heavy atom. The molecule has 7 heteroatoms. The maximum absolute atomic E-state index is 13.2. The molecule has 1 heterocycles. The summed E-state index contributed by atoms with van der Waals surface area (Å²) in [6.07, 6.45) is 6.76. The highest BCUT2D eigenvalue weighted by Crippen LogP contribution is 2.47. The topological polar surface area (TPSA) is 84.5 Å². The van der Waals surface area contributed by atoms with E-state index in [4.69, 9.17) is 4.74 Å². The zero-order chi connectivity index (χ0) is 21.6. The van der Waals surface area contributed by atoms with Gasteiger partial charge in [-0.1, -0.05) is 24.6 Å². The van der Waals surface area contributed by atoms with Crippen molar-refractivity contribution in [3.8, 4) is 5.75 Å². The first-order chi connectivity index (χ1) is 15.0. The number of benzene rings is 2. The van der Waals surface area contributed by atoms with E-state index in [9.17, 15) is 13.2 Å². The fourth-order valence-corrected chi connectivity index (χ4v) is 6.50. The summed E-state index contributed by atoms with van der Waals surface area (Å²) < 4.78 is 34.3. The van der Waals surface area contributed by atoms with Crippen molar-refractivity contribution in [1.29, 1.82) is 0 Å². The third kappa shape index (κ3) is 3.49. The molecule has 1 fully saturated rings. The lowest BCUT2D eigenvalue weighted by Gasteiger charge is -2.28. The highest BCUT2D eigenvalue weighted by atomic mass is 32.2. The first kappa shape index (κ1) is 20.4. The standard InChI is InChI=1S/C24H28N2O4S/c1-30-20-13-12-17(15-5-2-6-15)18-10-11-19(22(18)20)24(27)26-31(28,29)21-9-3-7-16-8-4-14-25-23(16)21/h3,7,9,12-13,15,19,25H,2,4-6,8,10-11,14H2,1H3,(H,26,27). The Kier molecular flexibility index (Phi) is 5.16. The molecular weight excluding hydrogens is 412 g/mol. The van der Waals surface area contributed by atoms with Crippen LogP contribution in [-0.4, -0.2) is 28.0 Å². The molecule has 0 radical (unpaired) electrons. The molecule has 2 aromatic rings. The molecule has 1 amide bonds. The smallest absolute Gasteiger partial charge is 0.266 e. The second-order valence-corrected chi connectivity index (χ2v) is 10.4. The lowest BCUT2D eigenvalue weighted by molar-refractivity contribution is -0.120. The van der Waals surface area contributed by atoms with Crippen LogP contribution in [0.2, 0.25) is 0 Å². The van der Waals surface area contributed by atoms with Crippen LogP contribution in [0, 0.1) is 0 Å². The first-order valence-corrected chi connectivity index (χ1v) is 12.6. The summed E-state index contributed by atoms with van der Waals surface area (Å²) in [6, 6.07) is 9.29. The van der Waals surface area contributed by atoms with Crippen molar-refractivity contribution < 1.29 is 17.9 Å². The van der Waals surface area contributed by atoms with E-state index in [-0.39, 0.29) is 4.90 Å². The Labute approximate surface area is 183 Å². The van der Waals surface area contributed by atoms with Gasteiger partial charge in [0.05, 0.1) is 18.7 Å². The Morgan fingerprint density at radius 2 is 1.94 bits per heavy atom. The van der Waals surface area contributed by atoms with E-state index in [1.54, 1.807) is 19.2 Å². The largest absolute Gasteiger partial charge is 0.496 e. The third-order valence-corrected chi connectivity index (χ3v) is 8.42. The number of amides is 1. The van der Waals surface area contributed by atoms with Crippen molar-refractivity contribution in [3.05, 3.63) is 52.6 Å². The van der Waals surface area contributed by atoms with Crippen molar-refractivity contribution in [1.82, 2.24) is 4.72 Å². The van der Waals surface area contributed by atoms with Gasteiger partial charge in [0, 0.05) is 12.1 Å². The van der Waals surface area contributed by atoms with Crippen molar-refractivity contribution in [3.63, 3.8) is 0 Å². The number of hydrogen-bond donors (Lipinski definition) is 2.